The standard InChI is InChI=1S/C18H14BrNO4/c19-12-8-6-11(7-9-12)16-14(10-15(21)22)17(23)18(24)20(16)13-4-2-1-3-5-13/h1-9,14,16H,10H2,(H,21,22)/t14-,16-/m1/s1. The van der Waals surface area contributed by atoms with Gasteiger partial charge in [0.25, 0.3) is 5.91 Å². The summed E-state index contributed by atoms with van der Waals surface area (Å²) in [5.41, 5.74) is 1.31. The minimum Gasteiger partial charge on any atom is -0.481 e. The summed E-state index contributed by atoms with van der Waals surface area (Å²) in [4.78, 5) is 37.5. The monoisotopic (exact) mass is 387 g/mol. The first-order chi connectivity index (χ1) is 11.5. The van der Waals surface area contributed by atoms with Gasteiger partial charge >= 0.3 is 5.97 Å². The Morgan fingerprint density at radius 1 is 1.04 bits per heavy atom. The molecule has 0 aromatic heterocycles. The van der Waals surface area contributed by atoms with E-state index in [1.807, 2.05) is 18.2 Å². The highest BCUT2D eigenvalue weighted by atomic mass is 79.9. The summed E-state index contributed by atoms with van der Waals surface area (Å²) in [6, 6.07) is 15.4. The number of carbonyl (C=O) groups is 3. The number of hydrogen-bond donors (Lipinski definition) is 1. The van der Waals surface area contributed by atoms with Gasteiger partial charge in [-0.15, -0.1) is 0 Å². The molecule has 1 saturated heterocycles. The third kappa shape index (κ3) is 2.97. The Kier molecular flexibility index (Phi) is 4.49. The van der Waals surface area contributed by atoms with Crippen LogP contribution in [0.1, 0.15) is 18.0 Å². The Morgan fingerprint density at radius 2 is 1.67 bits per heavy atom. The molecule has 122 valence electrons. The van der Waals surface area contributed by atoms with E-state index in [0.29, 0.717) is 5.69 Å². The molecule has 2 aromatic carbocycles. The lowest BCUT2D eigenvalue weighted by atomic mass is 9.90. The number of nitrogens with zero attached hydrogens (tertiary/aromatic N) is 1. The summed E-state index contributed by atoms with van der Waals surface area (Å²) in [6.07, 6.45) is -0.380. The van der Waals surface area contributed by atoms with Gasteiger partial charge in [-0.2, -0.15) is 0 Å². The van der Waals surface area contributed by atoms with Crippen molar-refractivity contribution < 1.29 is 19.5 Å². The van der Waals surface area contributed by atoms with Crippen LogP contribution >= 0.6 is 15.9 Å². The Balaban J connectivity index is 2.11. The first-order valence-corrected chi connectivity index (χ1v) is 8.18. The van der Waals surface area contributed by atoms with Crippen molar-refractivity contribution >= 4 is 39.3 Å². The van der Waals surface area contributed by atoms with E-state index in [1.165, 1.54) is 4.90 Å². The van der Waals surface area contributed by atoms with Crippen molar-refractivity contribution in [2.45, 2.75) is 12.5 Å². The molecule has 0 unspecified atom stereocenters. The van der Waals surface area contributed by atoms with Gasteiger partial charge in [-0.3, -0.25) is 19.3 Å². The number of halogens is 1. The van der Waals surface area contributed by atoms with Gasteiger partial charge in [-0.1, -0.05) is 46.3 Å². The van der Waals surface area contributed by atoms with Crippen molar-refractivity contribution in [3.63, 3.8) is 0 Å². The average molecular weight is 388 g/mol. The fourth-order valence-electron chi connectivity index (χ4n) is 3.03. The number of ketones is 1. The summed E-state index contributed by atoms with van der Waals surface area (Å²) in [5.74, 6) is -3.33. The number of carboxylic acids is 1. The van der Waals surface area contributed by atoms with Crippen molar-refractivity contribution in [3.05, 3.63) is 64.6 Å². The van der Waals surface area contributed by atoms with Gasteiger partial charge in [-0.25, -0.2) is 0 Å². The lowest BCUT2D eigenvalue weighted by molar-refractivity contribution is -0.141. The molecule has 1 amide bonds. The maximum atomic E-state index is 12.5. The SMILES string of the molecule is O=C(O)C[C@H]1C(=O)C(=O)N(c2ccccc2)[C@@H]1c1ccc(Br)cc1. The van der Waals surface area contributed by atoms with Gasteiger partial charge in [0.05, 0.1) is 18.4 Å². The molecule has 1 N–H and O–H groups in total. The number of hydrogen-bond acceptors (Lipinski definition) is 3. The van der Waals surface area contributed by atoms with E-state index in [4.69, 9.17) is 5.11 Å². The van der Waals surface area contributed by atoms with Crippen molar-refractivity contribution in [1.82, 2.24) is 0 Å². The second kappa shape index (κ2) is 6.57. The Bertz CT molecular complexity index is 788. The summed E-state index contributed by atoms with van der Waals surface area (Å²) < 4.78 is 0.864. The predicted octanol–water partition coefficient (Wildman–Crippen LogP) is 3.20. The molecule has 0 radical (unpaired) electrons. The molecule has 5 nitrogen and oxygen atoms in total. The van der Waals surface area contributed by atoms with E-state index in [-0.39, 0.29) is 6.42 Å². The van der Waals surface area contributed by atoms with Gasteiger partial charge in [0.15, 0.2) is 0 Å². The van der Waals surface area contributed by atoms with Gasteiger partial charge < -0.3 is 5.11 Å². The fraction of sp³-hybridized carbons (Fsp3) is 0.167. The normalized spacial score (nSPS) is 20.5. The van der Waals surface area contributed by atoms with Crippen LogP contribution in [0.3, 0.4) is 0 Å². The van der Waals surface area contributed by atoms with E-state index in [2.05, 4.69) is 15.9 Å². The highest BCUT2D eigenvalue weighted by molar-refractivity contribution is 9.10. The number of benzene rings is 2. The molecule has 1 aliphatic heterocycles. The van der Waals surface area contributed by atoms with E-state index in [1.54, 1.807) is 36.4 Å². The molecule has 0 spiro atoms. The van der Waals surface area contributed by atoms with Crippen molar-refractivity contribution in [1.29, 1.82) is 0 Å². The average Bonchev–Trinajstić information content (AvgIpc) is 2.81. The van der Waals surface area contributed by atoms with E-state index >= 15 is 0 Å². The fourth-order valence-corrected chi connectivity index (χ4v) is 3.29. The van der Waals surface area contributed by atoms with E-state index < -0.39 is 29.6 Å². The molecule has 1 aliphatic rings. The van der Waals surface area contributed by atoms with Crippen LogP contribution in [0, 0.1) is 5.92 Å². The summed E-state index contributed by atoms with van der Waals surface area (Å²) in [7, 11) is 0. The zero-order valence-electron chi connectivity index (χ0n) is 12.6. The van der Waals surface area contributed by atoms with Crippen molar-refractivity contribution in [2.75, 3.05) is 4.90 Å². The zero-order chi connectivity index (χ0) is 17.3. The van der Waals surface area contributed by atoms with Crippen molar-refractivity contribution in [3.8, 4) is 0 Å². The second-order valence-corrected chi connectivity index (χ2v) is 6.49. The van der Waals surface area contributed by atoms with Crippen LogP contribution in [0.15, 0.2) is 59.1 Å². The quantitative estimate of drug-likeness (QED) is 0.817. The van der Waals surface area contributed by atoms with Crippen LogP contribution in [0.4, 0.5) is 5.69 Å². The second-order valence-electron chi connectivity index (χ2n) is 5.58. The topological polar surface area (TPSA) is 74.7 Å². The maximum absolute atomic E-state index is 12.5. The first kappa shape index (κ1) is 16.4. The third-order valence-electron chi connectivity index (χ3n) is 4.07. The van der Waals surface area contributed by atoms with Gasteiger partial charge in [0, 0.05) is 10.2 Å². The zero-order valence-corrected chi connectivity index (χ0v) is 14.1. The van der Waals surface area contributed by atoms with Crippen LogP contribution in [0.25, 0.3) is 0 Å². The number of para-hydroxylation sites is 1. The molecule has 2 aromatic rings. The van der Waals surface area contributed by atoms with E-state index in [9.17, 15) is 14.4 Å². The Labute approximate surface area is 147 Å². The Hall–Kier alpha value is -2.47. The van der Waals surface area contributed by atoms with Crippen LogP contribution in [-0.4, -0.2) is 22.8 Å². The molecule has 0 bridgehead atoms. The number of rotatable bonds is 4. The predicted molar refractivity (Wildman–Crippen MR) is 91.6 cm³/mol. The molecule has 24 heavy (non-hydrogen) atoms. The van der Waals surface area contributed by atoms with Crippen LogP contribution in [-0.2, 0) is 14.4 Å². The maximum Gasteiger partial charge on any atom is 0.304 e. The molecule has 1 fully saturated rings. The van der Waals surface area contributed by atoms with Gasteiger partial charge in [0.2, 0.25) is 5.78 Å². The molecule has 1 heterocycles. The smallest absolute Gasteiger partial charge is 0.304 e. The lowest BCUT2D eigenvalue weighted by Crippen LogP contribution is -2.29. The molecule has 3 rings (SSSR count). The van der Waals surface area contributed by atoms with E-state index in [0.717, 1.165) is 10.0 Å². The molecular formula is C18H14BrNO4. The molecule has 6 heteroatoms. The summed E-state index contributed by atoms with van der Waals surface area (Å²) >= 11 is 3.35. The molecule has 2 atom stereocenters. The van der Waals surface area contributed by atoms with Crippen LogP contribution in [0.5, 0.6) is 0 Å². The third-order valence-corrected chi connectivity index (χ3v) is 4.59. The molecule has 0 saturated carbocycles. The number of anilines is 1. The minimum atomic E-state index is -1.10. The lowest BCUT2D eigenvalue weighted by Gasteiger charge is -2.27. The largest absolute Gasteiger partial charge is 0.481 e. The number of carbonyl (C=O) groups excluding carboxylic acids is 2. The summed E-state index contributed by atoms with van der Waals surface area (Å²) in [5, 5.41) is 9.15. The number of amides is 1. The Morgan fingerprint density at radius 3 is 2.25 bits per heavy atom. The minimum absolute atomic E-state index is 0.380. The number of carboxylic acid groups (broad SMARTS) is 1. The highest BCUT2D eigenvalue weighted by Crippen LogP contribution is 2.41. The van der Waals surface area contributed by atoms with Crippen LogP contribution in [0.2, 0.25) is 0 Å². The first-order valence-electron chi connectivity index (χ1n) is 7.38. The number of Topliss-reactive ketones (excluding diaryl/α,β-unsaturated/α-hetero) is 1. The van der Waals surface area contributed by atoms with Gasteiger partial charge in [0.1, 0.15) is 0 Å². The van der Waals surface area contributed by atoms with Crippen LogP contribution < -0.4 is 4.90 Å². The van der Waals surface area contributed by atoms with Gasteiger partial charge in [-0.05, 0) is 29.8 Å². The summed E-state index contributed by atoms with van der Waals surface area (Å²) in [6.45, 7) is 0. The molecule has 0 aliphatic carbocycles. The van der Waals surface area contributed by atoms with Crippen molar-refractivity contribution in [2.24, 2.45) is 5.92 Å². The number of aliphatic carboxylic acids is 1. The highest BCUT2D eigenvalue weighted by Gasteiger charge is 2.49. The molecular weight excluding hydrogens is 374 g/mol.